The number of aromatic nitrogens is 1. The van der Waals surface area contributed by atoms with E-state index in [-0.39, 0.29) is 0 Å². The Hall–Kier alpha value is -2.25. The maximum Gasteiger partial charge on any atom is 0.230 e. The van der Waals surface area contributed by atoms with Crippen LogP contribution < -0.4 is 4.74 Å². The highest BCUT2D eigenvalue weighted by Crippen LogP contribution is 2.29. The second-order valence-electron chi connectivity index (χ2n) is 7.97. The second kappa shape index (κ2) is 9.71. The average Bonchev–Trinajstić information content (AvgIpc) is 3.32. The monoisotopic (exact) mass is 426 g/mol. The normalized spacial score (nSPS) is 18.7. The van der Waals surface area contributed by atoms with Gasteiger partial charge in [-0.2, -0.15) is 0 Å². The largest absolute Gasteiger partial charge is 0.438 e. The molecular formula is C23H30N4O2S. The molecule has 30 heavy (non-hydrogen) atoms. The Morgan fingerprint density at radius 1 is 1.07 bits per heavy atom. The number of likely N-dealkylation sites (tertiary alicyclic amines) is 2. The van der Waals surface area contributed by atoms with E-state index >= 15 is 0 Å². The van der Waals surface area contributed by atoms with Crippen LogP contribution in [0.3, 0.4) is 0 Å². The number of aryl methyl sites for hydroxylation is 1. The lowest BCUT2D eigenvalue weighted by molar-refractivity contribution is 0.161. The van der Waals surface area contributed by atoms with E-state index in [1.165, 1.54) is 30.8 Å². The van der Waals surface area contributed by atoms with Crippen LogP contribution in [0.2, 0.25) is 0 Å². The van der Waals surface area contributed by atoms with Crippen molar-refractivity contribution in [3.63, 3.8) is 0 Å². The Morgan fingerprint density at radius 3 is 2.40 bits per heavy atom. The van der Waals surface area contributed by atoms with E-state index in [4.69, 9.17) is 4.74 Å². The molecule has 0 unspecified atom stereocenters. The predicted molar refractivity (Wildman–Crippen MR) is 121 cm³/mol. The van der Waals surface area contributed by atoms with E-state index in [9.17, 15) is 5.21 Å². The molecule has 0 radical (unpaired) electrons. The summed E-state index contributed by atoms with van der Waals surface area (Å²) in [5.41, 5.74) is 1.58. The number of pyridine rings is 1. The van der Waals surface area contributed by atoms with Crippen molar-refractivity contribution in [1.82, 2.24) is 14.8 Å². The van der Waals surface area contributed by atoms with Gasteiger partial charge in [-0.25, -0.2) is 4.98 Å². The molecule has 7 heteroatoms. The van der Waals surface area contributed by atoms with Crippen LogP contribution in [-0.4, -0.2) is 64.3 Å². The van der Waals surface area contributed by atoms with E-state index in [0.29, 0.717) is 17.8 Å². The first-order valence-corrected chi connectivity index (χ1v) is 11.9. The fraction of sp³-hybridized carbons (Fsp3) is 0.478. The molecule has 1 N–H and O–H groups in total. The van der Waals surface area contributed by atoms with Gasteiger partial charge >= 0.3 is 0 Å². The summed E-state index contributed by atoms with van der Waals surface area (Å²) in [7, 11) is 0. The number of amidine groups is 1. The molecule has 2 fully saturated rings. The highest BCUT2D eigenvalue weighted by Gasteiger charge is 2.29. The average molecular weight is 427 g/mol. The van der Waals surface area contributed by atoms with Gasteiger partial charge < -0.3 is 19.7 Å². The third-order valence-corrected chi connectivity index (χ3v) is 6.77. The molecule has 0 amide bonds. The lowest BCUT2D eigenvalue weighted by Gasteiger charge is -2.37. The minimum Gasteiger partial charge on any atom is -0.438 e. The standard InChI is InChI=1S/C23H30N4O2S/c1-17-5-10-21(23(24-17)29-19-6-8-20(30-2)9-7-19)22(25-28)27-15-11-18(12-16-27)26-13-3-4-14-26/h5-10,18,28H,3-4,11-16H2,1-2H3/b25-22-. The smallest absolute Gasteiger partial charge is 0.230 e. The maximum atomic E-state index is 9.89. The molecular weight excluding hydrogens is 396 g/mol. The van der Waals surface area contributed by atoms with E-state index in [0.717, 1.165) is 42.9 Å². The Morgan fingerprint density at radius 2 is 1.77 bits per heavy atom. The van der Waals surface area contributed by atoms with Crippen LogP contribution in [0.1, 0.15) is 36.9 Å². The molecule has 2 aromatic rings. The van der Waals surface area contributed by atoms with Gasteiger partial charge in [0.2, 0.25) is 5.88 Å². The van der Waals surface area contributed by atoms with Crippen LogP contribution in [0, 0.1) is 6.92 Å². The van der Waals surface area contributed by atoms with Crippen LogP contribution in [0.15, 0.2) is 46.4 Å². The van der Waals surface area contributed by atoms with Crippen molar-refractivity contribution in [3.8, 4) is 11.6 Å². The van der Waals surface area contributed by atoms with E-state index in [1.54, 1.807) is 11.8 Å². The van der Waals surface area contributed by atoms with Gasteiger partial charge in [0.1, 0.15) is 5.75 Å². The Labute approximate surface area is 182 Å². The van der Waals surface area contributed by atoms with Crippen molar-refractivity contribution >= 4 is 17.6 Å². The second-order valence-corrected chi connectivity index (χ2v) is 8.85. The minimum absolute atomic E-state index is 0.473. The fourth-order valence-electron chi connectivity index (χ4n) is 4.37. The summed E-state index contributed by atoms with van der Waals surface area (Å²) in [6.07, 6.45) is 6.86. The summed E-state index contributed by atoms with van der Waals surface area (Å²) in [6, 6.07) is 12.5. The molecule has 1 aromatic carbocycles. The fourth-order valence-corrected chi connectivity index (χ4v) is 4.78. The molecule has 2 aliphatic rings. The third-order valence-electron chi connectivity index (χ3n) is 6.03. The van der Waals surface area contributed by atoms with Crippen LogP contribution in [0.4, 0.5) is 0 Å². The van der Waals surface area contributed by atoms with Crippen LogP contribution >= 0.6 is 11.8 Å². The zero-order valence-corrected chi connectivity index (χ0v) is 18.6. The summed E-state index contributed by atoms with van der Waals surface area (Å²) in [4.78, 5) is 10.6. The molecule has 0 atom stereocenters. The number of oxime groups is 1. The summed E-state index contributed by atoms with van der Waals surface area (Å²) in [5.74, 6) is 1.73. The van der Waals surface area contributed by atoms with E-state index in [1.807, 2.05) is 49.6 Å². The van der Waals surface area contributed by atoms with Crippen molar-refractivity contribution in [2.24, 2.45) is 5.16 Å². The summed E-state index contributed by atoms with van der Waals surface area (Å²) >= 11 is 1.69. The Bertz CT molecular complexity index is 873. The first-order valence-electron chi connectivity index (χ1n) is 10.7. The van der Waals surface area contributed by atoms with Crippen molar-refractivity contribution < 1.29 is 9.94 Å². The molecule has 160 valence electrons. The molecule has 2 saturated heterocycles. The highest BCUT2D eigenvalue weighted by molar-refractivity contribution is 7.98. The van der Waals surface area contributed by atoms with Gasteiger partial charge in [-0.15, -0.1) is 11.8 Å². The molecule has 0 aliphatic carbocycles. The van der Waals surface area contributed by atoms with Crippen molar-refractivity contribution in [3.05, 3.63) is 47.7 Å². The van der Waals surface area contributed by atoms with Gasteiger partial charge in [0.05, 0.1) is 5.56 Å². The summed E-state index contributed by atoms with van der Waals surface area (Å²) < 4.78 is 6.12. The Balaban J connectivity index is 1.51. The van der Waals surface area contributed by atoms with E-state index in [2.05, 4.69) is 19.9 Å². The summed E-state index contributed by atoms with van der Waals surface area (Å²) in [5, 5.41) is 13.6. The SMILES string of the molecule is CSc1ccc(Oc2nc(C)ccc2/C(=N/O)N2CCC(N3CCCC3)CC2)cc1. The number of thioether (sulfide) groups is 1. The summed E-state index contributed by atoms with van der Waals surface area (Å²) in [6.45, 7) is 6.12. The van der Waals surface area contributed by atoms with E-state index < -0.39 is 0 Å². The molecule has 0 spiro atoms. The molecule has 1 aromatic heterocycles. The zero-order valence-electron chi connectivity index (χ0n) is 17.8. The van der Waals surface area contributed by atoms with Gasteiger partial charge in [0.25, 0.3) is 0 Å². The minimum atomic E-state index is 0.473. The van der Waals surface area contributed by atoms with Crippen molar-refractivity contribution in [2.45, 2.75) is 43.5 Å². The number of nitrogens with zero attached hydrogens (tertiary/aromatic N) is 4. The van der Waals surface area contributed by atoms with Crippen LogP contribution in [0.5, 0.6) is 11.6 Å². The number of rotatable bonds is 5. The number of hydrogen-bond acceptors (Lipinski definition) is 6. The topological polar surface area (TPSA) is 61.2 Å². The number of hydrogen-bond donors (Lipinski definition) is 1. The molecule has 0 saturated carbocycles. The first-order chi connectivity index (χ1) is 14.7. The van der Waals surface area contributed by atoms with Crippen molar-refractivity contribution in [1.29, 1.82) is 0 Å². The number of benzene rings is 1. The third kappa shape index (κ3) is 4.73. The van der Waals surface area contributed by atoms with Crippen LogP contribution in [0.25, 0.3) is 0 Å². The maximum absolute atomic E-state index is 9.89. The molecule has 3 heterocycles. The van der Waals surface area contributed by atoms with Gasteiger partial charge in [-0.3, -0.25) is 0 Å². The lowest BCUT2D eigenvalue weighted by atomic mass is 10.0. The first kappa shape index (κ1) is 21.0. The molecule has 4 rings (SSSR count). The zero-order chi connectivity index (χ0) is 20.9. The van der Waals surface area contributed by atoms with Gasteiger partial charge in [0.15, 0.2) is 5.84 Å². The molecule has 0 bridgehead atoms. The van der Waals surface area contributed by atoms with Crippen LogP contribution in [-0.2, 0) is 0 Å². The van der Waals surface area contributed by atoms with Gasteiger partial charge in [-0.05, 0) is 88.4 Å². The molecule has 6 nitrogen and oxygen atoms in total. The Kier molecular flexibility index (Phi) is 6.79. The highest BCUT2D eigenvalue weighted by atomic mass is 32.2. The number of ether oxygens (including phenoxy) is 1. The van der Waals surface area contributed by atoms with Crippen molar-refractivity contribution in [2.75, 3.05) is 32.4 Å². The lowest BCUT2D eigenvalue weighted by Crippen LogP contribution is -2.46. The van der Waals surface area contributed by atoms with Gasteiger partial charge in [-0.1, -0.05) is 5.16 Å². The molecule has 2 aliphatic heterocycles. The number of piperidine rings is 1. The van der Waals surface area contributed by atoms with Gasteiger partial charge in [0, 0.05) is 29.7 Å². The predicted octanol–water partition coefficient (Wildman–Crippen LogP) is 4.60. The quantitative estimate of drug-likeness (QED) is 0.248.